The van der Waals surface area contributed by atoms with Crippen LogP contribution in [0.1, 0.15) is 5.69 Å². The van der Waals surface area contributed by atoms with E-state index in [1.54, 1.807) is 6.26 Å². The van der Waals surface area contributed by atoms with Gasteiger partial charge in [-0.05, 0) is 6.26 Å². The van der Waals surface area contributed by atoms with Gasteiger partial charge in [0.25, 0.3) is 11.8 Å². The molecule has 1 saturated heterocycles. The number of nitrogens with zero attached hydrogens (tertiary/aromatic N) is 4. The number of carbonyl (C=O) groups excluding carboxylic acids is 2. The van der Waals surface area contributed by atoms with E-state index in [0.29, 0.717) is 10.7 Å². The summed E-state index contributed by atoms with van der Waals surface area (Å²) in [6.45, 7) is -0.771. The molecule has 0 saturated carbocycles. The van der Waals surface area contributed by atoms with E-state index >= 15 is 0 Å². The Kier molecular flexibility index (Phi) is 6.39. The standard InChI is InChI=1S/C14H13N5O7S3/c1-27-6-4-28-13-9(12(23)19(13)10(6)14(24)25)16-11(22)8(5-2-15-29-18-5)17-26-3-7(20)21/h2,9,13H,3-4H2,1H3,(H,16,22)(H,20,21)(H,24,25)/b17-8-/t9?,13-/m1/s1. The largest absolute Gasteiger partial charge is 0.479 e. The lowest BCUT2D eigenvalue weighted by atomic mass is 10.0. The minimum Gasteiger partial charge on any atom is -0.479 e. The summed E-state index contributed by atoms with van der Waals surface area (Å²) in [5.74, 6) is -3.50. The van der Waals surface area contributed by atoms with Crippen molar-refractivity contribution >= 4 is 64.7 Å². The Labute approximate surface area is 175 Å². The molecule has 1 fully saturated rings. The van der Waals surface area contributed by atoms with Gasteiger partial charge >= 0.3 is 11.9 Å². The molecule has 1 aromatic heterocycles. The van der Waals surface area contributed by atoms with Crippen molar-refractivity contribution in [3.8, 4) is 0 Å². The number of fused-ring (bicyclic) bond motifs is 1. The van der Waals surface area contributed by atoms with Gasteiger partial charge in [-0.25, -0.2) is 9.59 Å². The molecular weight excluding hydrogens is 446 g/mol. The SMILES string of the molecule is CSC1=C(C(=O)O)N2C(=O)C(NC(=O)/C(=N\OCC(=O)O)c3cnsn3)[C@H]2SC1. The highest BCUT2D eigenvalue weighted by molar-refractivity contribution is 8.05. The number of rotatable bonds is 8. The smallest absolute Gasteiger partial charge is 0.353 e. The van der Waals surface area contributed by atoms with E-state index in [1.807, 2.05) is 0 Å². The molecular formula is C14H13N5O7S3. The number of carboxylic acid groups (broad SMARTS) is 2. The highest BCUT2D eigenvalue weighted by Crippen LogP contribution is 2.42. The number of aliphatic carboxylic acids is 2. The summed E-state index contributed by atoms with van der Waals surface area (Å²) in [7, 11) is 0. The maximum atomic E-state index is 12.6. The normalized spacial score (nSPS) is 21.3. The molecule has 154 valence electrons. The van der Waals surface area contributed by atoms with Crippen molar-refractivity contribution in [2.75, 3.05) is 18.6 Å². The second kappa shape index (κ2) is 8.79. The Morgan fingerprint density at radius 1 is 1.45 bits per heavy atom. The Morgan fingerprint density at radius 2 is 2.21 bits per heavy atom. The monoisotopic (exact) mass is 459 g/mol. The van der Waals surface area contributed by atoms with Gasteiger partial charge in [0.05, 0.1) is 17.9 Å². The molecule has 1 unspecified atom stereocenters. The molecule has 29 heavy (non-hydrogen) atoms. The third kappa shape index (κ3) is 4.20. The van der Waals surface area contributed by atoms with E-state index in [9.17, 15) is 24.3 Å². The molecule has 2 atom stereocenters. The number of hydrogen-bond donors (Lipinski definition) is 3. The quantitative estimate of drug-likeness (QED) is 0.257. The molecule has 3 heterocycles. The van der Waals surface area contributed by atoms with Crippen LogP contribution in [0, 0.1) is 0 Å². The topological polar surface area (TPSA) is 171 Å². The minimum absolute atomic E-state index is 0.0496. The highest BCUT2D eigenvalue weighted by atomic mass is 32.2. The van der Waals surface area contributed by atoms with Crippen molar-refractivity contribution in [3.05, 3.63) is 22.5 Å². The number of β-lactam (4-membered cyclic amide) rings is 1. The summed E-state index contributed by atoms with van der Waals surface area (Å²) < 4.78 is 7.62. The number of hydrogen-bond acceptors (Lipinski definition) is 11. The van der Waals surface area contributed by atoms with Gasteiger partial charge in [0.2, 0.25) is 6.61 Å². The lowest BCUT2D eigenvalue weighted by Crippen LogP contribution is -2.71. The second-order valence-electron chi connectivity index (χ2n) is 5.54. The number of thioether (sulfide) groups is 2. The predicted octanol–water partition coefficient (Wildman–Crippen LogP) is -0.597. The van der Waals surface area contributed by atoms with Gasteiger partial charge < -0.3 is 20.4 Å². The Bertz CT molecular complexity index is 917. The second-order valence-corrected chi connectivity index (χ2v) is 8.10. The molecule has 0 bridgehead atoms. The van der Waals surface area contributed by atoms with E-state index in [-0.39, 0.29) is 17.1 Å². The molecule has 0 radical (unpaired) electrons. The summed E-state index contributed by atoms with van der Waals surface area (Å²) in [6, 6.07) is -0.971. The van der Waals surface area contributed by atoms with Gasteiger partial charge in [0.1, 0.15) is 22.8 Å². The third-order valence-electron chi connectivity index (χ3n) is 3.83. The average molecular weight is 459 g/mol. The maximum absolute atomic E-state index is 12.6. The summed E-state index contributed by atoms with van der Waals surface area (Å²) in [5, 5.41) is 23.5. The number of aromatic nitrogens is 2. The molecule has 0 aliphatic carbocycles. The van der Waals surface area contributed by atoms with Gasteiger partial charge in [0.15, 0.2) is 5.71 Å². The first-order chi connectivity index (χ1) is 13.8. The summed E-state index contributed by atoms with van der Waals surface area (Å²) in [5.41, 5.74) is -0.376. The molecule has 12 nitrogen and oxygen atoms in total. The maximum Gasteiger partial charge on any atom is 0.353 e. The molecule has 2 amide bonds. The molecule has 15 heteroatoms. The molecule has 0 aromatic carbocycles. The van der Waals surface area contributed by atoms with Crippen LogP contribution < -0.4 is 5.32 Å². The first-order valence-electron chi connectivity index (χ1n) is 7.80. The number of amides is 2. The number of nitrogens with one attached hydrogen (secondary N) is 1. The van der Waals surface area contributed by atoms with Crippen molar-refractivity contribution in [1.29, 1.82) is 0 Å². The van der Waals surface area contributed by atoms with Crippen LogP contribution in [0.25, 0.3) is 0 Å². The molecule has 2 aliphatic rings. The number of carboxylic acids is 2. The lowest BCUT2D eigenvalue weighted by molar-refractivity contribution is -0.150. The fourth-order valence-electron chi connectivity index (χ4n) is 2.58. The summed E-state index contributed by atoms with van der Waals surface area (Å²) in [4.78, 5) is 53.6. The van der Waals surface area contributed by atoms with Crippen LogP contribution in [0.15, 0.2) is 22.0 Å². The van der Waals surface area contributed by atoms with Crippen LogP contribution in [-0.2, 0) is 24.0 Å². The molecule has 3 N–H and O–H groups in total. The van der Waals surface area contributed by atoms with Crippen LogP contribution in [0.4, 0.5) is 0 Å². The first-order valence-corrected chi connectivity index (χ1v) is 10.8. The highest BCUT2D eigenvalue weighted by Gasteiger charge is 2.54. The molecule has 3 rings (SSSR count). The van der Waals surface area contributed by atoms with Crippen LogP contribution in [0.5, 0.6) is 0 Å². The van der Waals surface area contributed by atoms with Crippen LogP contribution in [0.2, 0.25) is 0 Å². The summed E-state index contributed by atoms with van der Waals surface area (Å²) >= 11 is 3.38. The van der Waals surface area contributed by atoms with Crippen molar-refractivity contribution < 1.29 is 34.2 Å². The average Bonchev–Trinajstić information content (AvgIpc) is 3.21. The zero-order chi connectivity index (χ0) is 21.1. The van der Waals surface area contributed by atoms with E-state index in [4.69, 9.17) is 5.11 Å². The van der Waals surface area contributed by atoms with Crippen molar-refractivity contribution in [2.45, 2.75) is 11.4 Å². The van der Waals surface area contributed by atoms with Gasteiger partial charge in [-0.3, -0.25) is 14.5 Å². The van der Waals surface area contributed by atoms with Crippen molar-refractivity contribution in [3.63, 3.8) is 0 Å². The fourth-order valence-corrected chi connectivity index (χ4v) is 5.25. The minimum atomic E-state index is -1.29. The molecule has 0 spiro atoms. The van der Waals surface area contributed by atoms with E-state index in [0.717, 1.165) is 16.6 Å². The third-order valence-corrected chi connectivity index (χ3v) is 6.60. The van der Waals surface area contributed by atoms with E-state index in [1.165, 1.54) is 29.7 Å². The first kappa shape index (κ1) is 21.1. The lowest BCUT2D eigenvalue weighted by Gasteiger charge is -2.49. The van der Waals surface area contributed by atoms with Crippen LogP contribution in [0.3, 0.4) is 0 Å². The predicted molar refractivity (Wildman–Crippen MR) is 103 cm³/mol. The Morgan fingerprint density at radius 3 is 2.79 bits per heavy atom. The van der Waals surface area contributed by atoms with Gasteiger partial charge in [0, 0.05) is 10.7 Å². The van der Waals surface area contributed by atoms with Gasteiger partial charge in [-0.1, -0.05) is 5.16 Å². The molecule has 1 aromatic rings. The van der Waals surface area contributed by atoms with Crippen LogP contribution >= 0.6 is 35.3 Å². The summed E-state index contributed by atoms with van der Waals surface area (Å²) in [6.07, 6.45) is 2.97. The zero-order valence-corrected chi connectivity index (χ0v) is 17.0. The van der Waals surface area contributed by atoms with Gasteiger partial charge in [-0.2, -0.15) is 8.75 Å². The van der Waals surface area contributed by atoms with E-state index < -0.39 is 41.8 Å². The fraction of sp³-hybridized carbons (Fsp3) is 0.357. The Balaban J connectivity index is 1.77. The number of carbonyl (C=O) groups is 4. The van der Waals surface area contributed by atoms with Crippen molar-refractivity contribution in [1.82, 2.24) is 19.0 Å². The van der Waals surface area contributed by atoms with Gasteiger partial charge in [-0.15, -0.1) is 23.5 Å². The Hall–Kier alpha value is -2.65. The zero-order valence-electron chi connectivity index (χ0n) is 14.6. The van der Waals surface area contributed by atoms with Crippen LogP contribution in [-0.4, -0.2) is 83.4 Å². The molecule has 2 aliphatic heterocycles. The van der Waals surface area contributed by atoms with E-state index in [2.05, 4.69) is 24.1 Å². The number of oxime groups is 1. The van der Waals surface area contributed by atoms with Crippen molar-refractivity contribution in [2.24, 2.45) is 5.16 Å².